The fourth-order valence-electron chi connectivity index (χ4n) is 3.31. The summed E-state index contributed by atoms with van der Waals surface area (Å²) < 4.78 is 1.20. The van der Waals surface area contributed by atoms with Crippen LogP contribution in [0.5, 0.6) is 0 Å². The monoisotopic (exact) mass is 344 g/mol. The average molecular weight is 345 g/mol. The quantitative estimate of drug-likeness (QED) is 0.848. The average Bonchev–Trinajstić information content (AvgIpc) is 2.82. The van der Waals surface area contributed by atoms with Gasteiger partial charge in [-0.1, -0.05) is 26.2 Å². The summed E-state index contributed by atoms with van der Waals surface area (Å²) in [5.41, 5.74) is 6.31. The van der Waals surface area contributed by atoms with Gasteiger partial charge in [0.25, 0.3) is 0 Å². The van der Waals surface area contributed by atoms with Crippen molar-refractivity contribution in [1.29, 1.82) is 0 Å². The molecule has 0 spiro atoms. The Bertz CT molecular complexity index is 385. The second-order valence-electron chi connectivity index (χ2n) is 5.57. The Kier molecular flexibility index (Phi) is 5.87. The summed E-state index contributed by atoms with van der Waals surface area (Å²) in [5, 5.41) is 0. The molecule has 2 rings (SSSR count). The molecule has 1 aromatic rings. The summed E-state index contributed by atoms with van der Waals surface area (Å²) in [6, 6.07) is 5.63. The molecule has 0 bridgehead atoms. The number of halogens is 1. The molecule has 1 saturated carbocycles. The SMILES string of the molecule is CCN(C1CCCCC1)C(c1ccc(Br)s1)C(C)N. The van der Waals surface area contributed by atoms with Crippen molar-refractivity contribution in [2.24, 2.45) is 5.73 Å². The van der Waals surface area contributed by atoms with Gasteiger partial charge in [-0.25, -0.2) is 0 Å². The van der Waals surface area contributed by atoms with E-state index >= 15 is 0 Å². The summed E-state index contributed by atoms with van der Waals surface area (Å²) in [6.45, 7) is 5.50. The number of nitrogens with zero attached hydrogens (tertiary/aromatic N) is 1. The van der Waals surface area contributed by atoms with Gasteiger partial charge in [-0.3, -0.25) is 4.90 Å². The summed E-state index contributed by atoms with van der Waals surface area (Å²) in [5.74, 6) is 0. The largest absolute Gasteiger partial charge is 0.326 e. The fourth-order valence-corrected chi connectivity index (χ4v) is 4.97. The van der Waals surface area contributed by atoms with Crippen LogP contribution in [0.25, 0.3) is 0 Å². The lowest BCUT2D eigenvalue weighted by Crippen LogP contribution is -2.45. The molecule has 2 N–H and O–H groups in total. The van der Waals surface area contributed by atoms with Crippen molar-refractivity contribution in [3.63, 3.8) is 0 Å². The van der Waals surface area contributed by atoms with Crippen molar-refractivity contribution >= 4 is 27.3 Å². The van der Waals surface area contributed by atoms with E-state index in [-0.39, 0.29) is 6.04 Å². The van der Waals surface area contributed by atoms with Crippen LogP contribution in [0.3, 0.4) is 0 Å². The third-order valence-corrected chi connectivity index (χ3v) is 5.84. The van der Waals surface area contributed by atoms with Crippen LogP contribution in [-0.2, 0) is 0 Å². The zero-order chi connectivity index (χ0) is 13.8. The van der Waals surface area contributed by atoms with Gasteiger partial charge in [0.2, 0.25) is 0 Å². The van der Waals surface area contributed by atoms with Crippen molar-refractivity contribution in [2.45, 2.75) is 64.1 Å². The van der Waals surface area contributed by atoms with Gasteiger partial charge in [-0.05, 0) is 54.4 Å². The van der Waals surface area contributed by atoms with E-state index in [0.717, 1.165) is 12.6 Å². The van der Waals surface area contributed by atoms with E-state index in [0.29, 0.717) is 6.04 Å². The Hall–Kier alpha value is 0.1000. The first-order valence-electron chi connectivity index (χ1n) is 7.40. The molecule has 0 saturated heterocycles. The summed E-state index contributed by atoms with van der Waals surface area (Å²) in [7, 11) is 0. The fraction of sp³-hybridized carbons (Fsp3) is 0.733. The molecule has 1 heterocycles. The molecule has 1 fully saturated rings. The Morgan fingerprint density at radius 3 is 2.53 bits per heavy atom. The van der Waals surface area contributed by atoms with Gasteiger partial charge in [-0.2, -0.15) is 0 Å². The molecule has 0 radical (unpaired) electrons. The van der Waals surface area contributed by atoms with Crippen molar-refractivity contribution in [1.82, 2.24) is 4.90 Å². The summed E-state index contributed by atoms with van der Waals surface area (Å²) >= 11 is 5.40. The van der Waals surface area contributed by atoms with E-state index in [1.807, 2.05) is 11.3 Å². The number of hydrogen-bond donors (Lipinski definition) is 1. The molecule has 19 heavy (non-hydrogen) atoms. The number of rotatable bonds is 5. The van der Waals surface area contributed by atoms with Gasteiger partial charge in [0, 0.05) is 17.0 Å². The summed E-state index contributed by atoms with van der Waals surface area (Å²) in [4.78, 5) is 4.04. The van der Waals surface area contributed by atoms with Crippen LogP contribution in [0.4, 0.5) is 0 Å². The molecule has 1 aliphatic carbocycles. The maximum Gasteiger partial charge on any atom is 0.0702 e. The first kappa shape index (κ1) is 15.5. The Morgan fingerprint density at radius 1 is 1.37 bits per heavy atom. The molecule has 1 aromatic heterocycles. The number of nitrogens with two attached hydrogens (primary N) is 1. The predicted octanol–water partition coefficient (Wildman–Crippen LogP) is 4.55. The minimum atomic E-state index is 0.174. The second kappa shape index (κ2) is 7.21. The smallest absolute Gasteiger partial charge is 0.0702 e. The molecule has 0 aromatic carbocycles. The Labute approximate surface area is 129 Å². The molecule has 0 aliphatic heterocycles. The van der Waals surface area contributed by atoms with E-state index in [2.05, 4.69) is 46.8 Å². The lowest BCUT2D eigenvalue weighted by Gasteiger charge is -2.40. The van der Waals surface area contributed by atoms with Crippen molar-refractivity contribution in [3.8, 4) is 0 Å². The van der Waals surface area contributed by atoms with Crippen molar-refractivity contribution < 1.29 is 0 Å². The molecule has 0 amide bonds. The topological polar surface area (TPSA) is 29.3 Å². The number of thiophene rings is 1. The lowest BCUT2D eigenvalue weighted by molar-refractivity contribution is 0.0994. The zero-order valence-electron chi connectivity index (χ0n) is 11.9. The molecule has 4 heteroatoms. The maximum absolute atomic E-state index is 6.31. The Morgan fingerprint density at radius 2 is 2.05 bits per heavy atom. The van der Waals surface area contributed by atoms with Crippen molar-refractivity contribution in [3.05, 3.63) is 20.8 Å². The van der Waals surface area contributed by atoms with E-state index in [1.54, 1.807) is 0 Å². The Balaban J connectivity index is 2.20. The first-order chi connectivity index (χ1) is 9.13. The van der Waals surface area contributed by atoms with E-state index < -0.39 is 0 Å². The van der Waals surface area contributed by atoms with E-state index in [4.69, 9.17) is 5.73 Å². The second-order valence-corrected chi connectivity index (χ2v) is 8.06. The van der Waals surface area contributed by atoms with E-state index in [1.165, 1.54) is 40.8 Å². The van der Waals surface area contributed by atoms with Gasteiger partial charge in [0.15, 0.2) is 0 Å². The van der Waals surface area contributed by atoms with Crippen LogP contribution in [0.2, 0.25) is 0 Å². The van der Waals surface area contributed by atoms with Gasteiger partial charge >= 0.3 is 0 Å². The molecular formula is C15H25BrN2S. The van der Waals surface area contributed by atoms with Gasteiger partial charge < -0.3 is 5.73 Å². The molecular weight excluding hydrogens is 320 g/mol. The van der Waals surface area contributed by atoms with Crippen LogP contribution >= 0.6 is 27.3 Å². The molecule has 2 atom stereocenters. The van der Waals surface area contributed by atoms with Crippen LogP contribution in [0, 0.1) is 0 Å². The minimum absolute atomic E-state index is 0.174. The highest BCUT2D eigenvalue weighted by atomic mass is 79.9. The molecule has 108 valence electrons. The highest BCUT2D eigenvalue weighted by Crippen LogP contribution is 2.36. The third-order valence-electron chi connectivity index (χ3n) is 4.15. The highest BCUT2D eigenvalue weighted by molar-refractivity contribution is 9.11. The van der Waals surface area contributed by atoms with Crippen LogP contribution in [0.15, 0.2) is 15.9 Å². The number of likely N-dealkylation sites (N-methyl/N-ethyl adjacent to an activating group) is 1. The third kappa shape index (κ3) is 3.81. The lowest BCUT2D eigenvalue weighted by atomic mass is 9.92. The molecule has 1 aliphatic rings. The van der Waals surface area contributed by atoms with E-state index in [9.17, 15) is 0 Å². The van der Waals surface area contributed by atoms with Crippen LogP contribution in [-0.4, -0.2) is 23.5 Å². The number of hydrogen-bond acceptors (Lipinski definition) is 3. The maximum atomic E-state index is 6.31. The van der Waals surface area contributed by atoms with Gasteiger partial charge in [0.1, 0.15) is 0 Å². The highest BCUT2D eigenvalue weighted by Gasteiger charge is 2.30. The first-order valence-corrected chi connectivity index (χ1v) is 9.01. The summed E-state index contributed by atoms with van der Waals surface area (Å²) in [6.07, 6.45) is 6.83. The molecule has 2 unspecified atom stereocenters. The van der Waals surface area contributed by atoms with Gasteiger partial charge in [-0.15, -0.1) is 11.3 Å². The standard InChI is InChI=1S/C15H25BrN2S/c1-3-18(12-7-5-4-6-8-12)15(11(2)17)13-9-10-14(16)19-13/h9-12,15H,3-8,17H2,1-2H3. The minimum Gasteiger partial charge on any atom is -0.326 e. The van der Waals surface area contributed by atoms with Gasteiger partial charge in [0.05, 0.1) is 9.83 Å². The van der Waals surface area contributed by atoms with Crippen LogP contribution < -0.4 is 5.73 Å². The van der Waals surface area contributed by atoms with Crippen LogP contribution in [0.1, 0.15) is 56.9 Å². The van der Waals surface area contributed by atoms with Crippen molar-refractivity contribution in [2.75, 3.05) is 6.54 Å². The zero-order valence-corrected chi connectivity index (χ0v) is 14.3. The predicted molar refractivity (Wildman–Crippen MR) is 87.7 cm³/mol. The normalized spacial score (nSPS) is 20.7. The molecule has 2 nitrogen and oxygen atoms in total.